The topological polar surface area (TPSA) is 66.0 Å². The van der Waals surface area contributed by atoms with E-state index in [1.54, 1.807) is 7.11 Å². The number of benzene rings is 2. The molecule has 0 saturated carbocycles. The summed E-state index contributed by atoms with van der Waals surface area (Å²) >= 11 is 0. The molecule has 168 valence electrons. The van der Waals surface area contributed by atoms with Gasteiger partial charge in [0.2, 0.25) is 0 Å². The number of nitrogens with one attached hydrogen (secondary N) is 2. The molecule has 2 N–H and O–H groups in total. The monoisotopic (exact) mass is 442 g/mol. The van der Waals surface area contributed by atoms with Crippen molar-refractivity contribution in [1.82, 2.24) is 15.5 Å². The molecule has 2 unspecified atom stereocenters. The van der Waals surface area contributed by atoms with Crippen LogP contribution in [-0.4, -0.2) is 60.7 Å². The minimum atomic E-state index is -1.02. The number of methoxy groups -OCH3 is 1. The first-order valence-corrected chi connectivity index (χ1v) is 12.4. The smallest absolute Gasteiger partial charge is 0.191 e. The molecule has 0 spiro atoms. The van der Waals surface area contributed by atoms with Crippen LogP contribution >= 0.6 is 0 Å². The van der Waals surface area contributed by atoms with Gasteiger partial charge < -0.3 is 15.4 Å². The van der Waals surface area contributed by atoms with E-state index in [1.807, 2.05) is 42.5 Å². The number of aliphatic imine (C=N–C) groups is 1. The van der Waals surface area contributed by atoms with Gasteiger partial charge in [0.15, 0.2) is 5.96 Å². The Kier molecular flexibility index (Phi) is 9.37. The SMILES string of the molecule is CCNC(=NCC(c1cccc(OC)c1)N1CCCC1)NCCS(=O)c1ccccc1. The molecule has 0 bridgehead atoms. The van der Waals surface area contributed by atoms with E-state index in [0.29, 0.717) is 18.8 Å². The molecule has 1 saturated heterocycles. The maximum absolute atomic E-state index is 12.5. The van der Waals surface area contributed by atoms with E-state index in [0.717, 1.165) is 36.2 Å². The summed E-state index contributed by atoms with van der Waals surface area (Å²) in [6.07, 6.45) is 2.46. The van der Waals surface area contributed by atoms with Gasteiger partial charge >= 0.3 is 0 Å². The van der Waals surface area contributed by atoms with E-state index in [2.05, 4.69) is 34.6 Å². The molecule has 7 heteroatoms. The van der Waals surface area contributed by atoms with Gasteiger partial charge in [0.05, 0.1) is 30.5 Å². The number of ether oxygens (including phenoxy) is 1. The van der Waals surface area contributed by atoms with Crippen molar-refractivity contribution in [3.8, 4) is 5.75 Å². The predicted octanol–water partition coefficient (Wildman–Crippen LogP) is 3.20. The second kappa shape index (κ2) is 12.5. The molecule has 1 heterocycles. The van der Waals surface area contributed by atoms with E-state index in [9.17, 15) is 4.21 Å². The fourth-order valence-electron chi connectivity index (χ4n) is 3.81. The zero-order valence-corrected chi connectivity index (χ0v) is 19.4. The number of rotatable bonds is 10. The number of hydrogen-bond donors (Lipinski definition) is 2. The summed E-state index contributed by atoms with van der Waals surface area (Å²) in [5.74, 6) is 2.18. The van der Waals surface area contributed by atoms with Crippen molar-refractivity contribution in [2.24, 2.45) is 4.99 Å². The van der Waals surface area contributed by atoms with Crippen molar-refractivity contribution in [2.75, 3.05) is 45.6 Å². The van der Waals surface area contributed by atoms with Gasteiger partial charge in [-0.15, -0.1) is 0 Å². The van der Waals surface area contributed by atoms with Crippen molar-refractivity contribution < 1.29 is 8.95 Å². The summed E-state index contributed by atoms with van der Waals surface area (Å²) in [6, 6.07) is 18.1. The second-order valence-electron chi connectivity index (χ2n) is 7.54. The maximum Gasteiger partial charge on any atom is 0.191 e. The van der Waals surface area contributed by atoms with Crippen molar-refractivity contribution in [2.45, 2.75) is 30.7 Å². The fourth-order valence-corrected chi connectivity index (χ4v) is 4.79. The highest BCUT2D eigenvalue weighted by Gasteiger charge is 2.23. The van der Waals surface area contributed by atoms with Gasteiger partial charge in [-0.25, -0.2) is 0 Å². The highest BCUT2D eigenvalue weighted by Crippen LogP contribution is 2.27. The van der Waals surface area contributed by atoms with E-state index >= 15 is 0 Å². The van der Waals surface area contributed by atoms with Crippen molar-refractivity contribution in [3.05, 3.63) is 60.2 Å². The number of likely N-dealkylation sites (tertiary alicyclic amines) is 1. The van der Waals surface area contributed by atoms with E-state index in [1.165, 1.54) is 18.4 Å². The normalized spacial score (nSPS) is 16.6. The molecule has 2 aromatic rings. The number of guanidine groups is 1. The highest BCUT2D eigenvalue weighted by molar-refractivity contribution is 7.85. The molecular weight excluding hydrogens is 408 g/mol. The summed E-state index contributed by atoms with van der Waals surface area (Å²) in [6.45, 7) is 6.28. The molecule has 0 radical (unpaired) electrons. The van der Waals surface area contributed by atoms with E-state index in [-0.39, 0.29) is 6.04 Å². The fraction of sp³-hybridized carbons (Fsp3) is 0.458. The molecule has 0 aliphatic carbocycles. The molecule has 0 amide bonds. The minimum Gasteiger partial charge on any atom is -0.497 e. The second-order valence-corrected chi connectivity index (χ2v) is 9.12. The Morgan fingerprint density at radius 3 is 2.61 bits per heavy atom. The van der Waals surface area contributed by atoms with Gasteiger partial charge in [-0.2, -0.15) is 0 Å². The summed E-state index contributed by atoms with van der Waals surface area (Å²) in [5.41, 5.74) is 1.23. The quantitative estimate of drug-likeness (QED) is 0.437. The van der Waals surface area contributed by atoms with Crippen LogP contribution in [0.3, 0.4) is 0 Å². The Hall–Kier alpha value is -2.38. The van der Waals surface area contributed by atoms with Crippen LogP contribution in [0.25, 0.3) is 0 Å². The molecular formula is C24H34N4O2S. The first-order chi connectivity index (χ1) is 15.2. The van der Waals surface area contributed by atoms with Crippen molar-refractivity contribution in [1.29, 1.82) is 0 Å². The molecule has 2 aromatic carbocycles. The Morgan fingerprint density at radius 1 is 1.13 bits per heavy atom. The van der Waals surface area contributed by atoms with E-state index < -0.39 is 10.8 Å². The lowest BCUT2D eigenvalue weighted by Crippen LogP contribution is -2.40. The van der Waals surface area contributed by atoms with Crippen LogP contribution in [0.5, 0.6) is 5.75 Å². The summed E-state index contributed by atoms with van der Waals surface area (Å²) in [4.78, 5) is 8.24. The highest BCUT2D eigenvalue weighted by atomic mass is 32.2. The van der Waals surface area contributed by atoms with Crippen LogP contribution in [-0.2, 0) is 10.8 Å². The molecule has 2 atom stereocenters. The van der Waals surface area contributed by atoms with Gasteiger partial charge in [0, 0.05) is 23.7 Å². The number of hydrogen-bond acceptors (Lipinski definition) is 4. The maximum atomic E-state index is 12.5. The lowest BCUT2D eigenvalue weighted by atomic mass is 10.1. The minimum absolute atomic E-state index is 0.214. The summed E-state index contributed by atoms with van der Waals surface area (Å²) < 4.78 is 17.9. The third-order valence-electron chi connectivity index (χ3n) is 5.41. The van der Waals surface area contributed by atoms with Crippen LogP contribution in [0.4, 0.5) is 0 Å². The average Bonchev–Trinajstić information content (AvgIpc) is 3.34. The Labute approximate surface area is 188 Å². The predicted molar refractivity (Wildman–Crippen MR) is 128 cm³/mol. The molecule has 3 rings (SSSR count). The van der Waals surface area contributed by atoms with Crippen LogP contribution in [0.15, 0.2) is 64.5 Å². The van der Waals surface area contributed by atoms with Crippen molar-refractivity contribution >= 4 is 16.8 Å². The first-order valence-electron chi connectivity index (χ1n) is 11.0. The molecule has 0 aromatic heterocycles. The van der Waals surface area contributed by atoms with Crippen LogP contribution in [0.2, 0.25) is 0 Å². The van der Waals surface area contributed by atoms with Gasteiger partial charge in [-0.05, 0) is 62.7 Å². The molecule has 1 aliphatic heterocycles. The molecule has 1 aliphatic rings. The Bertz CT molecular complexity index is 854. The Balaban J connectivity index is 1.64. The first kappa shape index (κ1) is 23.3. The van der Waals surface area contributed by atoms with Gasteiger partial charge in [-0.3, -0.25) is 14.1 Å². The summed E-state index contributed by atoms with van der Waals surface area (Å²) in [5, 5.41) is 6.66. The zero-order valence-electron chi connectivity index (χ0n) is 18.5. The zero-order chi connectivity index (χ0) is 21.9. The lowest BCUT2D eigenvalue weighted by molar-refractivity contribution is 0.251. The molecule has 31 heavy (non-hydrogen) atoms. The lowest BCUT2D eigenvalue weighted by Gasteiger charge is -2.27. The summed E-state index contributed by atoms with van der Waals surface area (Å²) in [7, 11) is 0.684. The molecule has 6 nitrogen and oxygen atoms in total. The third kappa shape index (κ3) is 7.08. The number of nitrogens with zero attached hydrogens (tertiary/aromatic N) is 2. The van der Waals surface area contributed by atoms with Gasteiger partial charge in [0.25, 0.3) is 0 Å². The Morgan fingerprint density at radius 2 is 1.90 bits per heavy atom. The average molecular weight is 443 g/mol. The molecule has 1 fully saturated rings. The van der Waals surface area contributed by atoms with Gasteiger partial charge in [-0.1, -0.05) is 30.3 Å². The largest absolute Gasteiger partial charge is 0.497 e. The van der Waals surface area contributed by atoms with Crippen LogP contribution in [0, 0.1) is 0 Å². The third-order valence-corrected chi connectivity index (χ3v) is 6.79. The van der Waals surface area contributed by atoms with Crippen LogP contribution in [0.1, 0.15) is 31.4 Å². The standard InChI is InChI=1S/C24H34N4O2S/c1-3-25-24(26-14-17-31(29)22-12-5-4-6-13-22)27-19-23(28-15-7-8-16-28)20-10-9-11-21(18-20)30-2/h4-6,9-13,18,23H,3,7-8,14-17,19H2,1-2H3,(H2,25,26,27). The van der Waals surface area contributed by atoms with Gasteiger partial charge in [0.1, 0.15) is 5.75 Å². The van der Waals surface area contributed by atoms with Crippen molar-refractivity contribution in [3.63, 3.8) is 0 Å². The van der Waals surface area contributed by atoms with Crippen LogP contribution < -0.4 is 15.4 Å². The van der Waals surface area contributed by atoms with E-state index in [4.69, 9.17) is 9.73 Å².